The fraction of sp³-hybridized carbons (Fsp3) is 0.200. The predicted octanol–water partition coefficient (Wildman–Crippen LogP) is 3.79. The summed E-state index contributed by atoms with van der Waals surface area (Å²) in [6.45, 7) is 2.11. The minimum atomic E-state index is 0.0988. The fourth-order valence-corrected chi connectivity index (χ4v) is 2.70. The lowest BCUT2D eigenvalue weighted by molar-refractivity contribution is 0.831. The van der Waals surface area contributed by atoms with E-state index in [1.54, 1.807) is 0 Å². The molecule has 0 heterocycles. The van der Waals surface area contributed by atoms with Crippen LogP contribution < -0.4 is 5.73 Å². The normalized spacial score (nSPS) is 12.4. The molecule has 2 rings (SSSR count). The average Bonchev–Trinajstić information content (AvgIpc) is 2.37. The predicted molar refractivity (Wildman–Crippen MR) is 75.3 cm³/mol. The van der Waals surface area contributed by atoms with Crippen LogP contribution in [0.25, 0.3) is 0 Å². The molecular weight excluding hydrogens is 226 g/mol. The van der Waals surface area contributed by atoms with Crippen LogP contribution in [0.3, 0.4) is 0 Å². The van der Waals surface area contributed by atoms with E-state index in [2.05, 4.69) is 43.3 Å². The van der Waals surface area contributed by atoms with Crippen LogP contribution in [0.15, 0.2) is 59.5 Å². The Labute approximate surface area is 107 Å². The molecule has 0 aliphatic rings. The van der Waals surface area contributed by atoms with E-state index >= 15 is 0 Å². The van der Waals surface area contributed by atoms with Crippen LogP contribution in [0.2, 0.25) is 0 Å². The second-order valence-electron chi connectivity index (χ2n) is 4.14. The standard InChI is InChI=1S/C15H17NS/c1-12-6-5-9-14(10-12)17-11-15(16)13-7-3-2-4-8-13/h2-10,15H,11,16H2,1H3. The highest BCUT2D eigenvalue weighted by molar-refractivity contribution is 7.99. The molecule has 88 valence electrons. The van der Waals surface area contributed by atoms with Gasteiger partial charge in [0.1, 0.15) is 0 Å². The second kappa shape index (κ2) is 5.89. The van der Waals surface area contributed by atoms with Gasteiger partial charge in [0, 0.05) is 16.7 Å². The summed E-state index contributed by atoms with van der Waals surface area (Å²) >= 11 is 1.81. The maximum absolute atomic E-state index is 6.16. The second-order valence-corrected chi connectivity index (χ2v) is 5.24. The smallest absolute Gasteiger partial charge is 0.0390 e. The van der Waals surface area contributed by atoms with Gasteiger partial charge in [-0.3, -0.25) is 0 Å². The minimum Gasteiger partial charge on any atom is -0.323 e. The Bertz CT molecular complexity index is 467. The van der Waals surface area contributed by atoms with Crippen LogP contribution in [0, 0.1) is 6.92 Å². The van der Waals surface area contributed by atoms with Gasteiger partial charge in [0.15, 0.2) is 0 Å². The summed E-state index contributed by atoms with van der Waals surface area (Å²) in [5.41, 5.74) is 8.66. The van der Waals surface area contributed by atoms with E-state index in [1.807, 2.05) is 30.0 Å². The van der Waals surface area contributed by atoms with Gasteiger partial charge in [-0.15, -0.1) is 11.8 Å². The maximum atomic E-state index is 6.16. The minimum absolute atomic E-state index is 0.0988. The zero-order valence-corrected chi connectivity index (χ0v) is 10.8. The molecule has 0 saturated carbocycles. The molecule has 0 spiro atoms. The topological polar surface area (TPSA) is 26.0 Å². The van der Waals surface area contributed by atoms with Crippen LogP contribution in [0.5, 0.6) is 0 Å². The van der Waals surface area contributed by atoms with E-state index in [4.69, 9.17) is 5.73 Å². The van der Waals surface area contributed by atoms with Crippen molar-refractivity contribution in [2.45, 2.75) is 17.9 Å². The van der Waals surface area contributed by atoms with Gasteiger partial charge in [0.05, 0.1) is 0 Å². The van der Waals surface area contributed by atoms with E-state index in [0.717, 1.165) is 5.75 Å². The Balaban J connectivity index is 1.95. The number of aryl methyl sites for hydroxylation is 1. The summed E-state index contributed by atoms with van der Waals surface area (Å²) in [7, 11) is 0. The lowest BCUT2D eigenvalue weighted by Gasteiger charge is -2.11. The molecule has 0 aliphatic carbocycles. The number of thioether (sulfide) groups is 1. The van der Waals surface area contributed by atoms with Crippen molar-refractivity contribution in [1.82, 2.24) is 0 Å². The van der Waals surface area contributed by atoms with Gasteiger partial charge >= 0.3 is 0 Å². The molecule has 0 bridgehead atoms. The molecule has 0 radical (unpaired) electrons. The summed E-state index contributed by atoms with van der Waals surface area (Å²) in [6, 6.07) is 18.9. The van der Waals surface area contributed by atoms with Crippen molar-refractivity contribution >= 4 is 11.8 Å². The first-order valence-corrected chi connectivity index (χ1v) is 6.74. The zero-order valence-electron chi connectivity index (χ0n) is 9.97. The largest absolute Gasteiger partial charge is 0.323 e. The monoisotopic (exact) mass is 243 g/mol. The lowest BCUT2D eigenvalue weighted by atomic mass is 10.1. The summed E-state index contributed by atoms with van der Waals surface area (Å²) in [4.78, 5) is 1.29. The fourth-order valence-electron chi connectivity index (χ4n) is 1.69. The van der Waals surface area contributed by atoms with E-state index in [9.17, 15) is 0 Å². The third-order valence-corrected chi connectivity index (χ3v) is 3.76. The van der Waals surface area contributed by atoms with Crippen molar-refractivity contribution in [2.24, 2.45) is 5.73 Å². The van der Waals surface area contributed by atoms with Crippen LogP contribution >= 0.6 is 11.8 Å². The number of nitrogens with two attached hydrogens (primary N) is 1. The van der Waals surface area contributed by atoms with Crippen molar-refractivity contribution in [3.05, 3.63) is 65.7 Å². The summed E-state index contributed by atoms with van der Waals surface area (Å²) in [6.07, 6.45) is 0. The van der Waals surface area contributed by atoms with Crippen LogP contribution in [-0.2, 0) is 0 Å². The molecule has 1 atom stereocenters. The molecule has 0 saturated heterocycles. The summed E-state index contributed by atoms with van der Waals surface area (Å²) in [5.74, 6) is 0.910. The molecule has 2 aromatic rings. The van der Waals surface area contributed by atoms with Crippen molar-refractivity contribution in [3.8, 4) is 0 Å². The third-order valence-electron chi connectivity index (χ3n) is 2.65. The highest BCUT2D eigenvalue weighted by Crippen LogP contribution is 2.23. The first-order chi connectivity index (χ1) is 8.25. The highest BCUT2D eigenvalue weighted by atomic mass is 32.2. The number of hydrogen-bond donors (Lipinski definition) is 1. The molecular formula is C15H17NS. The quantitative estimate of drug-likeness (QED) is 0.827. The SMILES string of the molecule is Cc1cccc(SCC(N)c2ccccc2)c1. The zero-order chi connectivity index (χ0) is 12.1. The number of benzene rings is 2. The van der Waals surface area contributed by atoms with Gasteiger partial charge in [-0.2, -0.15) is 0 Å². The van der Waals surface area contributed by atoms with Gasteiger partial charge < -0.3 is 5.73 Å². The molecule has 2 aromatic carbocycles. The van der Waals surface area contributed by atoms with E-state index in [0.29, 0.717) is 0 Å². The highest BCUT2D eigenvalue weighted by Gasteiger charge is 2.05. The Morgan fingerprint density at radius 1 is 1.06 bits per heavy atom. The van der Waals surface area contributed by atoms with Crippen molar-refractivity contribution in [3.63, 3.8) is 0 Å². The van der Waals surface area contributed by atoms with Crippen molar-refractivity contribution in [1.29, 1.82) is 0 Å². The first-order valence-electron chi connectivity index (χ1n) is 5.76. The Morgan fingerprint density at radius 2 is 1.82 bits per heavy atom. The van der Waals surface area contributed by atoms with Gasteiger partial charge in [0.2, 0.25) is 0 Å². The Hall–Kier alpha value is -1.25. The van der Waals surface area contributed by atoms with Crippen LogP contribution in [-0.4, -0.2) is 5.75 Å². The van der Waals surface area contributed by atoms with E-state index in [-0.39, 0.29) is 6.04 Å². The Morgan fingerprint density at radius 3 is 2.53 bits per heavy atom. The van der Waals surface area contributed by atoms with Gasteiger partial charge in [-0.1, -0.05) is 48.0 Å². The number of hydrogen-bond acceptors (Lipinski definition) is 2. The van der Waals surface area contributed by atoms with Crippen LogP contribution in [0.1, 0.15) is 17.2 Å². The van der Waals surface area contributed by atoms with E-state index < -0.39 is 0 Å². The summed E-state index contributed by atoms with van der Waals surface area (Å²) in [5, 5.41) is 0. The van der Waals surface area contributed by atoms with Crippen molar-refractivity contribution in [2.75, 3.05) is 5.75 Å². The van der Waals surface area contributed by atoms with Gasteiger partial charge in [-0.05, 0) is 24.6 Å². The molecule has 2 N–H and O–H groups in total. The molecule has 1 unspecified atom stereocenters. The molecule has 2 heteroatoms. The average molecular weight is 243 g/mol. The van der Waals surface area contributed by atoms with Crippen LogP contribution in [0.4, 0.5) is 0 Å². The third kappa shape index (κ3) is 3.62. The lowest BCUT2D eigenvalue weighted by Crippen LogP contribution is -2.12. The van der Waals surface area contributed by atoms with Crippen molar-refractivity contribution < 1.29 is 0 Å². The van der Waals surface area contributed by atoms with Gasteiger partial charge in [0.25, 0.3) is 0 Å². The Kier molecular flexibility index (Phi) is 4.24. The van der Waals surface area contributed by atoms with Gasteiger partial charge in [-0.25, -0.2) is 0 Å². The van der Waals surface area contributed by atoms with E-state index in [1.165, 1.54) is 16.0 Å². The molecule has 0 aromatic heterocycles. The number of rotatable bonds is 4. The molecule has 0 amide bonds. The molecule has 17 heavy (non-hydrogen) atoms. The maximum Gasteiger partial charge on any atom is 0.0390 e. The summed E-state index contributed by atoms with van der Waals surface area (Å²) < 4.78 is 0. The molecule has 1 nitrogen and oxygen atoms in total. The first kappa shape index (κ1) is 12.2. The molecule has 0 aliphatic heterocycles. The molecule has 0 fully saturated rings.